The Balaban J connectivity index is 3.55. The predicted octanol–water partition coefficient (Wildman–Crippen LogP) is 0.690. The first kappa shape index (κ1) is 13.4. The first-order chi connectivity index (χ1) is 6.52. The Morgan fingerprint density at radius 1 is 1.50 bits per heavy atom. The molecule has 0 unspecified atom stereocenters. The first-order valence-corrected chi connectivity index (χ1v) is 5.01. The van der Waals surface area contributed by atoms with E-state index < -0.39 is 5.54 Å². The molecule has 0 aromatic carbocycles. The molecule has 0 spiro atoms. The molecule has 84 valence electrons. The van der Waals surface area contributed by atoms with Crippen molar-refractivity contribution in [3.63, 3.8) is 0 Å². The van der Waals surface area contributed by atoms with E-state index in [2.05, 4.69) is 5.32 Å². The van der Waals surface area contributed by atoms with E-state index in [9.17, 15) is 4.79 Å². The van der Waals surface area contributed by atoms with Gasteiger partial charge < -0.3 is 15.2 Å². The fraction of sp³-hybridized carbons (Fsp3) is 0.900. The zero-order valence-corrected chi connectivity index (χ0v) is 9.30. The lowest BCUT2D eigenvalue weighted by Gasteiger charge is -2.23. The SMILES string of the molecule is CCOCCCC(=O)NC(C)(C)CO. The molecule has 0 aliphatic heterocycles. The number of ether oxygens (including phenoxy) is 1. The average Bonchev–Trinajstić information content (AvgIpc) is 2.12. The highest BCUT2D eigenvalue weighted by atomic mass is 16.5. The molecule has 0 aromatic heterocycles. The van der Waals surface area contributed by atoms with Crippen LogP contribution in [-0.4, -0.2) is 36.4 Å². The second-order valence-electron chi connectivity index (χ2n) is 3.89. The van der Waals surface area contributed by atoms with Crippen LogP contribution in [0, 0.1) is 0 Å². The fourth-order valence-corrected chi connectivity index (χ4v) is 0.959. The third kappa shape index (κ3) is 6.86. The van der Waals surface area contributed by atoms with Gasteiger partial charge in [0.2, 0.25) is 5.91 Å². The number of aliphatic hydroxyl groups excluding tert-OH is 1. The van der Waals surface area contributed by atoms with Crippen LogP contribution in [-0.2, 0) is 9.53 Å². The van der Waals surface area contributed by atoms with E-state index in [-0.39, 0.29) is 12.5 Å². The highest BCUT2D eigenvalue weighted by Gasteiger charge is 2.18. The van der Waals surface area contributed by atoms with E-state index in [0.717, 1.165) is 6.42 Å². The van der Waals surface area contributed by atoms with Gasteiger partial charge >= 0.3 is 0 Å². The lowest BCUT2D eigenvalue weighted by atomic mass is 10.1. The first-order valence-electron chi connectivity index (χ1n) is 5.01. The number of carbonyl (C=O) groups excluding carboxylic acids is 1. The maximum atomic E-state index is 11.3. The van der Waals surface area contributed by atoms with Crippen LogP contribution in [0.5, 0.6) is 0 Å². The highest BCUT2D eigenvalue weighted by molar-refractivity contribution is 5.76. The molecule has 0 radical (unpaired) electrons. The number of nitrogens with one attached hydrogen (secondary N) is 1. The van der Waals surface area contributed by atoms with Crippen LogP contribution in [0.1, 0.15) is 33.6 Å². The molecule has 0 aromatic rings. The van der Waals surface area contributed by atoms with Gasteiger partial charge in [-0.1, -0.05) is 0 Å². The standard InChI is InChI=1S/C10H21NO3/c1-4-14-7-5-6-9(13)11-10(2,3)8-12/h12H,4-8H2,1-3H3,(H,11,13). The topological polar surface area (TPSA) is 58.6 Å². The van der Waals surface area contributed by atoms with Crippen molar-refractivity contribution < 1.29 is 14.6 Å². The van der Waals surface area contributed by atoms with E-state index in [1.165, 1.54) is 0 Å². The Kier molecular flexibility index (Phi) is 6.49. The summed E-state index contributed by atoms with van der Waals surface area (Å²) < 4.78 is 5.11. The lowest BCUT2D eigenvalue weighted by molar-refractivity contribution is -0.123. The average molecular weight is 203 g/mol. The minimum absolute atomic E-state index is 0.0382. The molecule has 0 rings (SSSR count). The van der Waals surface area contributed by atoms with Gasteiger partial charge in [0.05, 0.1) is 12.1 Å². The van der Waals surface area contributed by atoms with Gasteiger partial charge in [-0.2, -0.15) is 0 Å². The molecule has 0 atom stereocenters. The van der Waals surface area contributed by atoms with Gasteiger partial charge in [-0.25, -0.2) is 0 Å². The summed E-state index contributed by atoms with van der Waals surface area (Å²) in [6, 6.07) is 0. The Morgan fingerprint density at radius 3 is 2.64 bits per heavy atom. The van der Waals surface area contributed by atoms with Crippen molar-refractivity contribution >= 4 is 5.91 Å². The van der Waals surface area contributed by atoms with Gasteiger partial charge in [0, 0.05) is 19.6 Å². The molecular weight excluding hydrogens is 182 g/mol. The van der Waals surface area contributed by atoms with Crippen LogP contribution in [0.2, 0.25) is 0 Å². The minimum atomic E-state index is -0.525. The fourth-order valence-electron chi connectivity index (χ4n) is 0.959. The summed E-state index contributed by atoms with van der Waals surface area (Å²) in [5, 5.41) is 11.7. The molecular formula is C10H21NO3. The van der Waals surface area contributed by atoms with Gasteiger partial charge in [-0.15, -0.1) is 0 Å². The van der Waals surface area contributed by atoms with Crippen LogP contribution in [0.3, 0.4) is 0 Å². The number of amides is 1. The van der Waals surface area contributed by atoms with Crippen molar-refractivity contribution in [1.29, 1.82) is 0 Å². The van der Waals surface area contributed by atoms with Crippen LogP contribution in [0.25, 0.3) is 0 Å². The van der Waals surface area contributed by atoms with Crippen molar-refractivity contribution in [2.45, 2.75) is 39.2 Å². The van der Waals surface area contributed by atoms with Crippen molar-refractivity contribution in [2.24, 2.45) is 0 Å². The number of aliphatic hydroxyl groups is 1. The molecule has 4 heteroatoms. The molecule has 0 saturated heterocycles. The molecule has 0 fully saturated rings. The molecule has 1 amide bonds. The number of hydrogen-bond donors (Lipinski definition) is 2. The Labute approximate surface area is 85.6 Å². The molecule has 14 heavy (non-hydrogen) atoms. The van der Waals surface area contributed by atoms with Gasteiger partial charge in [-0.05, 0) is 27.2 Å². The third-order valence-corrected chi connectivity index (χ3v) is 1.77. The monoisotopic (exact) mass is 203 g/mol. The summed E-state index contributed by atoms with van der Waals surface area (Å²) in [4.78, 5) is 11.3. The Bertz CT molecular complexity index is 169. The second-order valence-corrected chi connectivity index (χ2v) is 3.89. The van der Waals surface area contributed by atoms with Gasteiger partial charge in [0.15, 0.2) is 0 Å². The van der Waals surface area contributed by atoms with E-state index in [1.807, 2.05) is 6.92 Å². The summed E-state index contributed by atoms with van der Waals surface area (Å²) in [5.41, 5.74) is -0.525. The molecule has 2 N–H and O–H groups in total. The largest absolute Gasteiger partial charge is 0.394 e. The van der Waals surface area contributed by atoms with Crippen LogP contribution < -0.4 is 5.32 Å². The van der Waals surface area contributed by atoms with E-state index in [0.29, 0.717) is 19.6 Å². The van der Waals surface area contributed by atoms with Crippen molar-refractivity contribution in [1.82, 2.24) is 5.32 Å². The maximum absolute atomic E-state index is 11.3. The third-order valence-electron chi connectivity index (χ3n) is 1.77. The van der Waals surface area contributed by atoms with E-state index >= 15 is 0 Å². The van der Waals surface area contributed by atoms with Crippen LogP contribution in [0.15, 0.2) is 0 Å². The summed E-state index contributed by atoms with van der Waals surface area (Å²) >= 11 is 0. The van der Waals surface area contributed by atoms with Gasteiger partial charge in [-0.3, -0.25) is 4.79 Å². The number of rotatable bonds is 7. The highest BCUT2D eigenvalue weighted by Crippen LogP contribution is 2.01. The maximum Gasteiger partial charge on any atom is 0.220 e. The van der Waals surface area contributed by atoms with E-state index in [1.54, 1.807) is 13.8 Å². The van der Waals surface area contributed by atoms with Crippen LogP contribution >= 0.6 is 0 Å². The molecule has 0 saturated carbocycles. The molecule has 0 heterocycles. The zero-order valence-electron chi connectivity index (χ0n) is 9.30. The minimum Gasteiger partial charge on any atom is -0.394 e. The van der Waals surface area contributed by atoms with Gasteiger partial charge in [0.1, 0.15) is 0 Å². The summed E-state index contributed by atoms with van der Waals surface area (Å²) in [6.07, 6.45) is 1.17. The van der Waals surface area contributed by atoms with Gasteiger partial charge in [0.25, 0.3) is 0 Å². The van der Waals surface area contributed by atoms with Crippen molar-refractivity contribution in [2.75, 3.05) is 19.8 Å². The summed E-state index contributed by atoms with van der Waals surface area (Å²) in [6.45, 7) is 6.74. The smallest absolute Gasteiger partial charge is 0.220 e. The Hall–Kier alpha value is -0.610. The quantitative estimate of drug-likeness (QED) is 0.598. The molecule has 0 aliphatic rings. The normalized spacial score (nSPS) is 11.4. The Morgan fingerprint density at radius 2 is 2.14 bits per heavy atom. The molecule has 0 bridgehead atoms. The van der Waals surface area contributed by atoms with E-state index in [4.69, 9.17) is 9.84 Å². The predicted molar refractivity (Wildman–Crippen MR) is 55.0 cm³/mol. The zero-order chi connectivity index (χ0) is 11.0. The number of hydrogen-bond acceptors (Lipinski definition) is 3. The molecule has 0 aliphatic carbocycles. The lowest BCUT2D eigenvalue weighted by Crippen LogP contribution is -2.46. The van der Waals surface area contributed by atoms with Crippen molar-refractivity contribution in [3.05, 3.63) is 0 Å². The number of carbonyl (C=O) groups is 1. The van der Waals surface area contributed by atoms with Crippen LogP contribution in [0.4, 0.5) is 0 Å². The summed E-state index contributed by atoms with van der Waals surface area (Å²) in [5.74, 6) is -0.0382. The van der Waals surface area contributed by atoms with Crippen molar-refractivity contribution in [3.8, 4) is 0 Å². The second kappa shape index (κ2) is 6.79. The molecule has 4 nitrogen and oxygen atoms in total. The summed E-state index contributed by atoms with van der Waals surface area (Å²) in [7, 11) is 0.